The Morgan fingerprint density at radius 3 is 2.79 bits per heavy atom. The SMILES string of the molecule is CNCCCCCN1CC2CCC1C2. The zero-order valence-corrected chi connectivity index (χ0v) is 9.47. The van der Waals surface area contributed by atoms with Crippen LogP contribution in [0.2, 0.25) is 0 Å². The molecular weight excluding hydrogens is 172 g/mol. The highest BCUT2D eigenvalue weighted by atomic mass is 15.2. The van der Waals surface area contributed by atoms with Gasteiger partial charge in [-0.2, -0.15) is 0 Å². The van der Waals surface area contributed by atoms with Crippen molar-refractivity contribution >= 4 is 0 Å². The van der Waals surface area contributed by atoms with Crippen LogP contribution in [0.5, 0.6) is 0 Å². The number of likely N-dealkylation sites (tertiary alicyclic amines) is 1. The van der Waals surface area contributed by atoms with Gasteiger partial charge in [-0.05, 0) is 58.2 Å². The van der Waals surface area contributed by atoms with Crippen LogP contribution in [0.1, 0.15) is 38.5 Å². The minimum absolute atomic E-state index is 0.976. The molecule has 2 heteroatoms. The molecule has 0 aromatic rings. The summed E-state index contributed by atoms with van der Waals surface area (Å²) in [5.74, 6) is 1.07. The first kappa shape index (κ1) is 10.4. The van der Waals surface area contributed by atoms with E-state index in [4.69, 9.17) is 0 Å². The molecule has 82 valence electrons. The Labute approximate surface area is 88.1 Å². The molecule has 1 heterocycles. The van der Waals surface area contributed by atoms with E-state index in [0.717, 1.165) is 12.0 Å². The lowest BCUT2D eigenvalue weighted by Gasteiger charge is -2.26. The number of fused-ring (bicyclic) bond motifs is 2. The van der Waals surface area contributed by atoms with E-state index in [0.29, 0.717) is 0 Å². The van der Waals surface area contributed by atoms with Gasteiger partial charge >= 0.3 is 0 Å². The molecule has 2 aliphatic rings. The first-order valence-corrected chi connectivity index (χ1v) is 6.29. The Hall–Kier alpha value is -0.0800. The van der Waals surface area contributed by atoms with Gasteiger partial charge in [0.2, 0.25) is 0 Å². The summed E-state index contributed by atoms with van der Waals surface area (Å²) >= 11 is 0. The van der Waals surface area contributed by atoms with E-state index in [-0.39, 0.29) is 0 Å². The van der Waals surface area contributed by atoms with Crippen molar-refractivity contribution in [1.29, 1.82) is 0 Å². The molecule has 2 bridgehead atoms. The molecule has 1 saturated heterocycles. The van der Waals surface area contributed by atoms with Crippen molar-refractivity contribution in [1.82, 2.24) is 10.2 Å². The summed E-state index contributed by atoms with van der Waals surface area (Å²) in [6.07, 6.45) is 8.66. The van der Waals surface area contributed by atoms with Gasteiger partial charge in [0.1, 0.15) is 0 Å². The van der Waals surface area contributed by atoms with E-state index in [1.807, 2.05) is 7.05 Å². The summed E-state index contributed by atoms with van der Waals surface area (Å²) in [6, 6.07) is 0.976. The summed E-state index contributed by atoms with van der Waals surface area (Å²) in [7, 11) is 2.04. The van der Waals surface area contributed by atoms with Crippen LogP contribution in [0.3, 0.4) is 0 Å². The van der Waals surface area contributed by atoms with Crippen LogP contribution in [-0.2, 0) is 0 Å². The third-order valence-corrected chi connectivity index (χ3v) is 3.89. The highest BCUT2D eigenvalue weighted by Crippen LogP contribution is 2.37. The normalized spacial score (nSPS) is 31.5. The van der Waals surface area contributed by atoms with Crippen LogP contribution in [0.4, 0.5) is 0 Å². The number of piperidine rings is 1. The summed E-state index contributed by atoms with van der Waals surface area (Å²) in [4.78, 5) is 2.74. The maximum atomic E-state index is 3.21. The molecule has 2 rings (SSSR count). The van der Waals surface area contributed by atoms with Crippen molar-refractivity contribution in [2.75, 3.05) is 26.7 Å². The van der Waals surface area contributed by atoms with Crippen LogP contribution in [-0.4, -0.2) is 37.6 Å². The fraction of sp³-hybridized carbons (Fsp3) is 1.00. The quantitative estimate of drug-likeness (QED) is 0.652. The van der Waals surface area contributed by atoms with E-state index in [1.54, 1.807) is 0 Å². The summed E-state index contributed by atoms with van der Waals surface area (Å²) in [5.41, 5.74) is 0. The van der Waals surface area contributed by atoms with Crippen LogP contribution in [0.25, 0.3) is 0 Å². The molecule has 14 heavy (non-hydrogen) atoms. The van der Waals surface area contributed by atoms with Crippen molar-refractivity contribution < 1.29 is 0 Å². The van der Waals surface area contributed by atoms with Gasteiger partial charge in [0.05, 0.1) is 0 Å². The summed E-state index contributed by atoms with van der Waals surface area (Å²) < 4.78 is 0. The monoisotopic (exact) mass is 196 g/mol. The Morgan fingerprint density at radius 2 is 2.14 bits per heavy atom. The molecule has 0 radical (unpaired) electrons. The number of hydrogen-bond donors (Lipinski definition) is 1. The first-order chi connectivity index (χ1) is 6.90. The molecule has 1 aliphatic heterocycles. The topological polar surface area (TPSA) is 15.3 Å². The van der Waals surface area contributed by atoms with Crippen LogP contribution >= 0.6 is 0 Å². The van der Waals surface area contributed by atoms with E-state index < -0.39 is 0 Å². The van der Waals surface area contributed by atoms with Gasteiger partial charge in [0.15, 0.2) is 0 Å². The molecule has 1 saturated carbocycles. The maximum Gasteiger partial charge on any atom is 0.00985 e. The number of nitrogens with one attached hydrogen (secondary N) is 1. The Kier molecular flexibility index (Phi) is 3.82. The van der Waals surface area contributed by atoms with Crippen molar-refractivity contribution in [2.45, 2.75) is 44.6 Å². The Bertz CT molecular complexity index is 170. The fourth-order valence-electron chi connectivity index (χ4n) is 3.09. The minimum atomic E-state index is 0.976. The highest BCUT2D eigenvalue weighted by Gasteiger charge is 2.36. The molecule has 1 N–H and O–H groups in total. The Morgan fingerprint density at radius 1 is 1.21 bits per heavy atom. The zero-order chi connectivity index (χ0) is 9.80. The molecule has 2 nitrogen and oxygen atoms in total. The molecule has 2 unspecified atom stereocenters. The third kappa shape index (κ3) is 2.48. The fourth-order valence-corrected chi connectivity index (χ4v) is 3.09. The van der Waals surface area contributed by atoms with E-state index in [9.17, 15) is 0 Å². The van der Waals surface area contributed by atoms with E-state index in [1.165, 1.54) is 58.2 Å². The number of unbranched alkanes of at least 4 members (excludes halogenated alkanes) is 2. The number of nitrogens with zero attached hydrogens (tertiary/aromatic N) is 1. The second-order valence-electron chi connectivity index (χ2n) is 4.99. The molecule has 1 aliphatic carbocycles. The second-order valence-corrected chi connectivity index (χ2v) is 4.99. The lowest BCUT2D eigenvalue weighted by Crippen LogP contribution is -2.32. The van der Waals surface area contributed by atoms with E-state index in [2.05, 4.69) is 10.2 Å². The lowest BCUT2D eigenvalue weighted by atomic mass is 10.1. The summed E-state index contributed by atoms with van der Waals surface area (Å²) in [5, 5.41) is 3.21. The Balaban J connectivity index is 1.54. The van der Waals surface area contributed by atoms with Crippen LogP contribution in [0, 0.1) is 5.92 Å². The molecular formula is C12H24N2. The average molecular weight is 196 g/mol. The largest absolute Gasteiger partial charge is 0.320 e. The number of hydrogen-bond acceptors (Lipinski definition) is 2. The maximum absolute atomic E-state index is 3.21. The van der Waals surface area contributed by atoms with Gasteiger partial charge in [-0.1, -0.05) is 6.42 Å². The summed E-state index contributed by atoms with van der Waals surface area (Å²) in [6.45, 7) is 3.97. The molecule has 0 aromatic heterocycles. The average Bonchev–Trinajstić information content (AvgIpc) is 2.79. The van der Waals surface area contributed by atoms with Gasteiger partial charge in [-0.25, -0.2) is 0 Å². The van der Waals surface area contributed by atoms with Crippen LogP contribution in [0.15, 0.2) is 0 Å². The smallest absolute Gasteiger partial charge is 0.00985 e. The van der Waals surface area contributed by atoms with Gasteiger partial charge in [0.25, 0.3) is 0 Å². The molecule has 0 aromatic carbocycles. The first-order valence-electron chi connectivity index (χ1n) is 6.29. The zero-order valence-electron chi connectivity index (χ0n) is 9.47. The van der Waals surface area contributed by atoms with Gasteiger partial charge in [-0.3, -0.25) is 0 Å². The molecule has 2 fully saturated rings. The third-order valence-electron chi connectivity index (χ3n) is 3.89. The minimum Gasteiger partial charge on any atom is -0.320 e. The lowest BCUT2D eigenvalue weighted by molar-refractivity contribution is 0.209. The standard InChI is InChI=1S/C12H24N2/c1-13-7-3-2-4-8-14-10-11-5-6-12(14)9-11/h11-13H,2-10H2,1H3. The van der Waals surface area contributed by atoms with Gasteiger partial charge in [0, 0.05) is 12.6 Å². The molecule has 0 amide bonds. The van der Waals surface area contributed by atoms with Gasteiger partial charge in [-0.15, -0.1) is 0 Å². The second kappa shape index (κ2) is 5.13. The van der Waals surface area contributed by atoms with E-state index >= 15 is 0 Å². The predicted molar refractivity (Wildman–Crippen MR) is 60.5 cm³/mol. The molecule has 0 spiro atoms. The van der Waals surface area contributed by atoms with Crippen LogP contribution < -0.4 is 5.32 Å². The van der Waals surface area contributed by atoms with Crippen molar-refractivity contribution in [2.24, 2.45) is 5.92 Å². The van der Waals surface area contributed by atoms with Crippen molar-refractivity contribution in [3.63, 3.8) is 0 Å². The highest BCUT2D eigenvalue weighted by molar-refractivity contribution is 4.91. The number of rotatable bonds is 6. The van der Waals surface area contributed by atoms with Gasteiger partial charge < -0.3 is 10.2 Å². The predicted octanol–water partition coefficient (Wildman–Crippen LogP) is 1.86. The molecule has 2 atom stereocenters. The van der Waals surface area contributed by atoms with Crippen molar-refractivity contribution in [3.8, 4) is 0 Å². The van der Waals surface area contributed by atoms with Crippen molar-refractivity contribution in [3.05, 3.63) is 0 Å².